The van der Waals surface area contributed by atoms with E-state index >= 15 is 0 Å². The highest BCUT2D eigenvalue weighted by atomic mass is 79.9. The van der Waals surface area contributed by atoms with Crippen LogP contribution in [0.4, 0.5) is 5.82 Å². The molecular weight excluding hydrogens is 408 g/mol. The predicted octanol–water partition coefficient (Wildman–Crippen LogP) is 3.32. The Morgan fingerprint density at radius 3 is 2.93 bits per heavy atom. The van der Waals surface area contributed by atoms with Crippen molar-refractivity contribution in [1.29, 1.82) is 0 Å². The fraction of sp³-hybridized carbons (Fsp3) is 0.700. The van der Waals surface area contributed by atoms with Crippen LogP contribution in [0.2, 0.25) is 0 Å². The molecule has 1 saturated heterocycles. The SMILES string of the molecule is CCO/N=C/c1cc(Br)cnc1N1CCC(NC2CCCCC2)C(CO)C1. The number of piperidine rings is 1. The molecule has 150 valence electrons. The topological polar surface area (TPSA) is 70.0 Å². The average molecular weight is 439 g/mol. The third-order valence-corrected chi connectivity index (χ3v) is 6.01. The Morgan fingerprint density at radius 2 is 2.19 bits per heavy atom. The highest BCUT2D eigenvalue weighted by Gasteiger charge is 2.31. The lowest BCUT2D eigenvalue weighted by molar-refractivity contribution is 0.159. The molecule has 2 fully saturated rings. The van der Waals surface area contributed by atoms with E-state index in [4.69, 9.17) is 4.84 Å². The van der Waals surface area contributed by atoms with Gasteiger partial charge in [-0.2, -0.15) is 0 Å². The fourth-order valence-electron chi connectivity index (χ4n) is 4.18. The summed E-state index contributed by atoms with van der Waals surface area (Å²) in [6, 6.07) is 3.00. The van der Waals surface area contributed by atoms with Gasteiger partial charge < -0.3 is 20.2 Å². The Labute approximate surface area is 170 Å². The fourth-order valence-corrected chi connectivity index (χ4v) is 4.53. The molecule has 1 aliphatic carbocycles. The van der Waals surface area contributed by atoms with E-state index in [9.17, 15) is 5.11 Å². The molecule has 1 aromatic rings. The van der Waals surface area contributed by atoms with Gasteiger partial charge in [0.2, 0.25) is 0 Å². The molecule has 2 unspecified atom stereocenters. The van der Waals surface area contributed by atoms with Gasteiger partial charge in [-0.1, -0.05) is 24.4 Å². The summed E-state index contributed by atoms with van der Waals surface area (Å²) < 4.78 is 0.914. The molecule has 0 spiro atoms. The van der Waals surface area contributed by atoms with Crippen molar-refractivity contribution >= 4 is 28.0 Å². The summed E-state index contributed by atoms with van der Waals surface area (Å²) in [6.07, 6.45) is 11.1. The van der Waals surface area contributed by atoms with Crippen LogP contribution < -0.4 is 10.2 Å². The van der Waals surface area contributed by atoms with Crippen molar-refractivity contribution in [3.63, 3.8) is 0 Å². The molecule has 3 rings (SSSR count). The minimum atomic E-state index is 0.194. The first-order valence-electron chi connectivity index (χ1n) is 10.1. The number of aromatic nitrogens is 1. The molecule has 2 heterocycles. The summed E-state index contributed by atoms with van der Waals surface area (Å²) in [5.74, 6) is 1.11. The van der Waals surface area contributed by atoms with Crippen LogP contribution in [0.5, 0.6) is 0 Å². The summed E-state index contributed by atoms with van der Waals surface area (Å²) in [5.41, 5.74) is 0.924. The van der Waals surface area contributed by atoms with Gasteiger partial charge in [-0.15, -0.1) is 0 Å². The average Bonchev–Trinajstić information content (AvgIpc) is 2.69. The summed E-state index contributed by atoms with van der Waals surface area (Å²) in [6.45, 7) is 4.36. The molecular formula is C20H31BrN4O2. The number of aliphatic hydroxyl groups is 1. The van der Waals surface area contributed by atoms with Crippen molar-refractivity contribution in [3.8, 4) is 0 Å². The smallest absolute Gasteiger partial charge is 0.137 e. The maximum Gasteiger partial charge on any atom is 0.137 e. The number of aliphatic hydroxyl groups excluding tert-OH is 1. The maximum atomic E-state index is 10.0. The lowest BCUT2D eigenvalue weighted by Gasteiger charge is -2.41. The Balaban J connectivity index is 1.68. The lowest BCUT2D eigenvalue weighted by Crippen LogP contribution is -2.53. The first-order valence-corrected chi connectivity index (χ1v) is 10.9. The van der Waals surface area contributed by atoms with Gasteiger partial charge in [-0.05, 0) is 48.2 Å². The van der Waals surface area contributed by atoms with Crippen LogP contribution in [0.15, 0.2) is 21.9 Å². The van der Waals surface area contributed by atoms with Crippen LogP contribution in [0.25, 0.3) is 0 Å². The zero-order valence-corrected chi connectivity index (χ0v) is 17.7. The first-order chi connectivity index (χ1) is 13.2. The van der Waals surface area contributed by atoms with Crippen LogP contribution in [0.1, 0.15) is 51.0 Å². The van der Waals surface area contributed by atoms with E-state index in [2.05, 4.69) is 36.3 Å². The number of nitrogens with zero attached hydrogens (tertiary/aromatic N) is 3. The van der Waals surface area contributed by atoms with E-state index in [-0.39, 0.29) is 12.5 Å². The van der Waals surface area contributed by atoms with Crippen LogP contribution in [-0.2, 0) is 4.84 Å². The number of anilines is 1. The van der Waals surface area contributed by atoms with Gasteiger partial charge in [0.05, 0.1) is 6.21 Å². The van der Waals surface area contributed by atoms with E-state index in [1.165, 1.54) is 32.1 Å². The number of nitrogens with one attached hydrogen (secondary N) is 1. The first kappa shape index (κ1) is 20.6. The zero-order chi connectivity index (χ0) is 19.1. The molecule has 0 radical (unpaired) electrons. The second-order valence-electron chi connectivity index (χ2n) is 7.50. The third kappa shape index (κ3) is 5.65. The Morgan fingerprint density at radius 1 is 1.37 bits per heavy atom. The van der Waals surface area contributed by atoms with Gasteiger partial charge >= 0.3 is 0 Å². The van der Waals surface area contributed by atoms with Crippen molar-refractivity contribution in [2.45, 2.75) is 57.5 Å². The minimum Gasteiger partial charge on any atom is -0.396 e. The number of hydrogen-bond acceptors (Lipinski definition) is 6. The lowest BCUT2D eigenvalue weighted by atomic mass is 9.89. The second-order valence-corrected chi connectivity index (χ2v) is 8.42. The largest absolute Gasteiger partial charge is 0.396 e. The van der Waals surface area contributed by atoms with Crippen LogP contribution in [0.3, 0.4) is 0 Å². The van der Waals surface area contributed by atoms with Gasteiger partial charge in [0.25, 0.3) is 0 Å². The number of halogens is 1. The van der Waals surface area contributed by atoms with E-state index in [1.807, 2.05) is 19.2 Å². The summed E-state index contributed by atoms with van der Waals surface area (Å²) >= 11 is 3.49. The number of pyridine rings is 1. The summed E-state index contributed by atoms with van der Waals surface area (Å²) in [5, 5.41) is 17.9. The molecule has 2 aliphatic rings. The molecule has 0 aromatic carbocycles. The molecule has 1 aromatic heterocycles. The Bertz CT molecular complexity index is 622. The normalized spacial score (nSPS) is 24.5. The van der Waals surface area contributed by atoms with Crippen molar-refractivity contribution in [1.82, 2.24) is 10.3 Å². The van der Waals surface area contributed by atoms with Crippen LogP contribution in [-0.4, -0.2) is 54.7 Å². The van der Waals surface area contributed by atoms with E-state index in [0.717, 1.165) is 35.4 Å². The molecule has 2 atom stereocenters. The molecule has 6 nitrogen and oxygen atoms in total. The molecule has 27 heavy (non-hydrogen) atoms. The number of hydrogen-bond donors (Lipinski definition) is 2. The second kappa shape index (κ2) is 10.4. The predicted molar refractivity (Wildman–Crippen MR) is 112 cm³/mol. The van der Waals surface area contributed by atoms with Gasteiger partial charge in [0.1, 0.15) is 12.4 Å². The van der Waals surface area contributed by atoms with Gasteiger partial charge in [0, 0.05) is 53.9 Å². The zero-order valence-electron chi connectivity index (χ0n) is 16.1. The van der Waals surface area contributed by atoms with Crippen molar-refractivity contribution in [2.24, 2.45) is 11.1 Å². The number of rotatable bonds is 7. The molecule has 0 bridgehead atoms. The van der Waals surface area contributed by atoms with Gasteiger partial charge in [-0.25, -0.2) is 4.98 Å². The summed E-state index contributed by atoms with van der Waals surface area (Å²) in [7, 11) is 0. The van der Waals surface area contributed by atoms with Crippen molar-refractivity contribution < 1.29 is 9.94 Å². The van der Waals surface area contributed by atoms with Crippen molar-refractivity contribution in [2.75, 3.05) is 31.2 Å². The molecule has 1 saturated carbocycles. The molecule has 0 amide bonds. The summed E-state index contributed by atoms with van der Waals surface area (Å²) in [4.78, 5) is 12.0. The van der Waals surface area contributed by atoms with Crippen molar-refractivity contribution in [3.05, 3.63) is 22.3 Å². The maximum absolute atomic E-state index is 10.0. The van der Waals surface area contributed by atoms with E-state index in [0.29, 0.717) is 18.7 Å². The third-order valence-electron chi connectivity index (χ3n) is 5.58. The molecule has 2 N–H and O–H groups in total. The van der Waals surface area contributed by atoms with Gasteiger partial charge in [0.15, 0.2) is 0 Å². The standard InChI is InChI=1S/C20H31BrN4O2/c1-2-27-23-11-15-10-17(21)12-22-20(15)25-9-8-19(16(13-25)14-26)24-18-6-4-3-5-7-18/h10-12,16,18-19,24,26H,2-9,13-14H2,1H3/b23-11+. The van der Waals surface area contributed by atoms with Crippen LogP contribution >= 0.6 is 15.9 Å². The Kier molecular flexibility index (Phi) is 7.91. The highest BCUT2D eigenvalue weighted by Crippen LogP contribution is 2.27. The van der Waals surface area contributed by atoms with Gasteiger partial charge in [-0.3, -0.25) is 0 Å². The molecule has 1 aliphatic heterocycles. The number of oxime groups is 1. The quantitative estimate of drug-likeness (QED) is 0.504. The van der Waals surface area contributed by atoms with E-state index in [1.54, 1.807) is 6.21 Å². The van der Waals surface area contributed by atoms with E-state index < -0.39 is 0 Å². The minimum absolute atomic E-state index is 0.194. The highest BCUT2D eigenvalue weighted by molar-refractivity contribution is 9.10. The van der Waals surface area contributed by atoms with Crippen LogP contribution in [0, 0.1) is 5.92 Å². The monoisotopic (exact) mass is 438 g/mol. The molecule has 7 heteroatoms. The Hall–Kier alpha value is -1.18.